The van der Waals surface area contributed by atoms with E-state index in [9.17, 15) is 4.79 Å². The number of nitrogens with zero attached hydrogens (tertiary/aromatic N) is 2. The summed E-state index contributed by atoms with van der Waals surface area (Å²) < 4.78 is 13.2. The summed E-state index contributed by atoms with van der Waals surface area (Å²) in [5, 5.41) is 5.27. The number of furan rings is 1. The maximum Gasteiger partial charge on any atom is 0.380 e. The first-order valence-corrected chi connectivity index (χ1v) is 11.8. The first kappa shape index (κ1) is 22.9. The molecule has 0 unspecified atom stereocenters. The van der Waals surface area contributed by atoms with Crippen molar-refractivity contribution in [3.8, 4) is 5.75 Å². The van der Waals surface area contributed by atoms with Gasteiger partial charge in [0, 0.05) is 33.6 Å². The highest BCUT2D eigenvalue weighted by Crippen LogP contribution is 2.40. The maximum absolute atomic E-state index is 13.2. The Morgan fingerprint density at radius 1 is 1.34 bits per heavy atom. The number of nitrogens with two attached hydrogens (primary N) is 1. The van der Waals surface area contributed by atoms with Gasteiger partial charge in [0.1, 0.15) is 11.3 Å². The zero-order valence-electron chi connectivity index (χ0n) is 17.6. The number of hydrogen-bond donors (Lipinski definition) is 2. The lowest BCUT2D eigenvalue weighted by atomic mass is 9.75. The van der Waals surface area contributed by atoms with Crippen LogP contribution in [0.2, 0.25) is 0 Å². The Morgan fingerprint density at radius 3 is 2.81 bits per heavy atom. The second-order valence-corrected chi connectivity index (χ2v) is 10.5. The summed E-state index contributed by atoms with van der Waals surface area (Å²) in [5.41, 5.74) is 10.8. The van der Waals surface area contributed by atoms with Crippen LogP contribution in [0.1, 0.15) is 47.7 Å². The van der Waals surface area contributed by atoms with Crippen molar-refractivity contribution in [3.05, 3.63) is 56.0 Å². The highest BCUT2D eigenvalue weighted by Gasteiger charge is 2.36. The molecule has 0 spiro atoms. The number of fused-ring (bicyclic) bond motifs is 2. The molecule has 3 N–H and O–H groups in total. The predicted octanol–water partition coefficient (Wildman–Crippen LogP) is 5.39. The fraction of sp³-hybridized carbons (Fsp3) is 0.273. The molecule has 1 aliphatic carbocycles. The first-order valence-electron chi connectivity index (χ1n) is 9.77. The zero-order valence-corrected chi connectivity index (χ0v) is 21.6. The number of esters is 1. The standard InChI is InChI=1S/C22H20Br2N4O3S/c1-10-16-14(27-28-21(25)32)8-22(2,3)9-15(16)30-18(10)20(29)31-19-13(24)7-12(23)11-5-4-6-26-17(11)19/h4-7H,8-9H2,1-3H3,(H3,25,28,32)/b27-14-. The van der Waals surface area contributed by atoms with E-state index in [0.717, 1.165) is 21.1 Å². The molecule has 0 amide bonds. The van der Waals surface area contributed by atoms with Crippen LogP contribution in [0.3, 0.4) is 0 Å². The topological polar surface area (TPSA) is 103 Å². The van der Waals surface area contributed by atoms with Crippen LogP contribution in [0.4, 0.5) is 0 Å². The fourth-order valence-corrected chi connectivity index (χ4v) is 5.31. The van der Waals surface area contributed by atoms with Gasteiger partial charge in [-0.2, -0.15) is 5.10 Å². The first-order chi connectivity index (χ1) is 15.1. The van der Waals surface area contributed by atoms with E-state index in [-0.39, 0.29) is 16.3 Å². The zero-order chi connectivity index (χ0) is 23.2. The minimum atomic E-state index is -0.605. The van der Waals surface area contributed by atoms with Crippen LogP contribution in [0, 0.1) is 12.3 Å². The van der Waals surface area contributed by atoms with Crippen LogP contribution in [0.15, 0.2) is 42.9 Å². The van der Waals surface area contributed by atoms with Gasteiger partial charge in [0.05, 0.1) is 10.2 Å². The number of nitrogens with one attached hydrogen (secondary N) is 1. The second-order valence-electron chi connectivity index (χ2n) is 8.37. The van der Waals surface area contributed by atoms with Crippen molar-refractivity contribution >= 4 is 71.8 Å². The molecule has 2 heterocycles. The van der Waals surface area contributed by atoms with Gasteiger partial charge in [0.25, 0.3) is 0 Å². The van der Waals surface area contributed by atoms with E-state index >= 15 is 0 Å². The number of carbonyl (C=O) groups excluding carboxylic acids is 1. The molecule has 0 saturated carbocycles. The van der Waals surface area contributed by atoms with Gasteiger partial charge in [-0.3, -0.25) is 10.4 Å². The normalized spacial score (nSPS) is 16.1. The van der Waals surface area contributed by atoms with Crippen LogP contribution in [0.5, 0.6) is 5.75 Å². The highest BCUT2D eigenvalue weighted by molar-refractivity contribution is 9.11. The molecule has 32 heavy (non-hydrogen) atoms. The van der Waals surface area contributed by atoms with E-state index in [1.165, 1.54) is 0 Å². The molecular formula is C22H20Br2N4O3S. The molecule has 4 rings (SSSR count). The summed E-state index contributed by atoms with van der Waals surface area (Å²) in [6.07, 6.45) is 2.99. The Balaban J connectivity index is 1.75. The number of halogens is 2. The van der Waals surface area contributed by atoms with Gasteiger partial charge in [-0.05, 0) is 59.0 Å². The minimum absolute atomic E-state index is 0.0719. The molecule has 0 fully saturated rings. The molecule has 0 bridgehead atoms. The van der Waals surface area contributed by atoms with Gasteiger partial charge >= 0.3 is 5.97 Å². The third-order valence-electron chi connectivity index (χ3n) is 5.23. The molecule has 0 aliphatic heterocycles. The van der Waals surface area contributed by atoms with Crippen LogP contribution in [0.25, 0.3) is 10.9 Å². The van der Waals surface area contributed by atoms with Crippen molar-refractivity contribution in [2.45, 2.75) is 33.6 Å². The summed E-state index contributed by atoms with van der Waals surface area (Å²) in [7, 11) is 0. The van der Waals surface area contributed by atoms with Crippen molar-refractivity contribution in [3.63, 3.8) is 0 Å². The Kier molecular flexibility index (Phi) is 6.12. The molecule has 3 aromatic rings. The van der Waals surface area contributed by atoms with Crippen LogP contribution in [-0.4, -0.2) is 21.8 Å². The van der Waals surface area contributed by atoms with Gasteiger partial charge in [-0.15, -0.1) is 0 Å². The van der Waals surface area contributed by atoms with E-state index in [0.29, 0.717) is 39.9 Å². The largest absolute Gasteiger partial charge is 0.453 e. The maximum atomic E-state index is 13.2. The SMILES string of the molecule is Cc1c(C(=O)Oc2c(Br)cc(Br)c3cccnc23)oc2c1/C(=N\NC(N)=S)CC(C)(C)C2. The smallest absolute Gasteiger partial charge is 0.380 e. The average Bonchev–Trinajstić information content (AvgIpc) is 3.04. The third-order valence-corrected chi connectivity index (χ3v) is 6.56. The molecule has 0 atom stereocenters. The molecule has 10 heteroatoms. The highest BCUT2D eigenvalue weighted by atomic mass is 79.9. The second kappa shape index (κ2) is 8.57. The van der Waals surface area contributed by atoms with Crippen LogP contribution in [-0.2, 0) is 6.42 Å². The van der Waals surface area contributed by atoms with Gasteiger partial charge in [-0.1, -0.05) is 35.8 Å². The molecule has 7 nitrogen and oxygen atoms in total. The van der Waals surface area contributed by atoms with Crippen molar-refractivity contribution in [2.24, 2.45) is 16.3 Å². The number of rotatable bonds is 3. The summed E-state index contributed by atoms with van der Waals surface area (Å²) in [6.45, 7) is 6.04. The third kappa shape index (κ3) is 4.31. The summed E-state index contributed by atoms with van der Waals surface area (Å²) in [4.78, 5) is 17.6. The fourth-order valence-electron chi connectivity index (χ4n) is 3.91. The molecule has 0 radical (unpaired) electrons. The number of aromatic nitrogens is 1. The summed E-state index contributed by atoms with van der Waals surface area (Å²) in [5.74, 6) is 0.542. The predicted molar refractivity (Wildman–Crippen MR) is 134 cm³/mol. The van der Waals surface area contributed by atoms with Gasteiger partial charge < -0.3 is 14.9 Å². The van der Waals surface area contributed by atoms with Gasteiger partial charge in [-0.25, -0.2) is 4.79 Å². The number of hydrazone groups is 1. The molecule has 2 aromatic heterocycles. The summed E-state index contributed by atoms with van der Waals surface area (Å²) in [6, 6.07) is 5.54. The molecule has 1 aromatic carbocycles. The minimum Gasteiger partial charge on any atom is -0.453 e. The number of ether oxygens (including phenoxy) is 1. The number of benzene rings is 1. The lowest BCUT2D eigenvalue weighted by Crippen LogP contribution is -2.31. The van der Waals surface area contributed by atoms with Crippen molar-refractivity contribution in [1.29, 1.82) is 0 Å². The molecule has 166 valence electrons. The van der Waals surface area contributed by atoms with Gasteiger partial charge in [0.2, 0.25) is 5.76 Å². The van der Waals surface area contributed by atoms with E-state index in [4.69, 9.17) is 27.1 Å². The lowest BCUT2D eigenvalue weighted by Gasteiger charge is -2.29. The average molecular weight is 580 g/mol. The number of hydrogen-bond acceptors (Lipinski definition) is 6. The van der Waals surface area contributed by atoms with Crippen molar-refractivity contribution < 1.29 is 13.9 Å². The Bertz CT molecular complexity index is 1300. The summed E-state index contributed by atoms with van der Waals surface area (Å²) >= 11 is 11.9. The Labute approximate surface area is 207 Å². The Hall–Kier alpha value is -2.30. The van der Waals surface area contributed by atoms with E-state index in [1.54, 1.807) is 6.20 Å². The van der Waals surface area contributed by atoms with E-state index < -0.39 is 5.97 Å². The number of thiocarbonyl (C=S) groups is 1. The van der Waals surface area contributed by atoms with Crippen molar-refractivity contribution in [2.75, 3.05) is 0 Å². The van der Waals surface area contributed by atoms with Crippen LogP contribution >= 0.6 is 44.1 Å². The quantitative estimate of drug-likeness (QED) is 0.185. The number of carbonyl (C=O) groups is 1. The van der Waals surface area contributed by atoms with Crippen molar-refractivity contribution in [1.82, 2.24) is 10.4 Å². The van der Waals surface area contributed by atoms with E-state index in [2.05, 4.69) is 61.2 Å². The Morgan fingerprint density at radius 2 is 2.09 bits per heavy atom. The van der Waals surface area contributed by atoms with E-state index in [1.807, 2.05) is 25.1 Å². The van der Waals surface area contributed by atoms with Gasteiger partial charge in [0.15, 0.2) is 10.9 Å². The molecule has 0 saturated heterocycles. The monoisotopic (exact) mass is 578 g/mol. The lowest BCUT2D eigenvalue weighted by molar-refractivity contribution is 0.0698. The van der Waals surface area contributed by atoms with Crippen LogP contribution < -0.4 is 15.9 Å². The number of pyridine rings is 1. The molecular weight excluding hydrogens is 560 g/mol. The molecule has 1 aliphatic rings.